The predicted octanol–water partition coefficient (Wildman–Crippen LogP) is 4.65. The molecule has 0 spiro atoms. The fourth-order valence-corrected chi connectivity index (χ4v) is 5.68. The molecule has 0 atom stereocenters. The summed E-state index contributed by atoms with van der Waals surface area (Å²) >= 11 is 6.05. The number of benzene rings is 1. The van der Waals surface area contributed by atoms with E-state index in [-0.39, 0.29) is 11.7 Å². The highest BCUT2D eigenvalue weighted by atomic mass is 32.2. The Balaban J connectivity index is 1.57. The van der Waals surface area contributed by atoms with Crippen LogP contribution in [0.15, 0.2) is 38.3 Å². The zero-order chi connectivity index (χ0) is 18.5. The molecule has 5 nitrogen and oxygen atoms in total. The lowest BCUT2D eigenvalue weighted by molar-refractivity contribution is -0.115. The van der Waals surface area contributed by atoms with Gasteiger partial charge in [-0.2, -0.15) is 0 Å². The number of thioether (sulfide) groups is 2. The number of hydrogen-bond donors (Lipinski definition) is 1. The molecule has 0 saturated carbocycles. The van der Waals surface area contributed by atoms with Crippen molar-refractivity contribution in [3.05, 3.63) is 40.9 Å². The van der Waals surface area contributed by atoms with Crippen LogP contribution in [0.1, 0.15) is 31.0 Å². The summed E-state index contributed by atoms with van der Waals surface area (Å²) in [4.78, 5) is 15.5. The maximum Gasteiger partial charge on any atom is 0.227 e. The summed E-state index contributed by atoms with van der Waals surface area (Å²) in [6.45, 7) is 4.39. The SMILES string of the molecule is CC(C)c1ccc(-c2nc(CSc3nnc(SCC(N)=O)s3)cs2)cc1. The van der Waals surface area contributed by atoms with E-state index < -0.39 is 0 Å². The van der Waals surface area contributed by atoms with Gasteiger partial charge in [-0.3, -0.25) is 4.79 Å². The van der Waals surface area contributed by atoms with Gasteiger partial charge in [0, 0.05) is 16.7 Å². The summed E-state index contributed by atoms with van der Waals surface area (Å²) in [6.07, 6.45) is 0. The average Bonchev–Trinajstić information content (AvgIpc) is 3.27. The van der Waals surface area contributed by atoms with Gasteiger partial charge in [0.15, 0.2) is 8.68 Å². The number of carbonyl (C=O) groups is 1. The number of hydrogen-bond acceptors (Lipinski definition) is 8. The van der Waals surface area contributed by atoms with Gasteiger partial charge in [-0.25, -0.2) is 4.98 Å². The third kappa shape index (κ3) is 5.29. The van der Waals surface area contributed by atoms with E-state index in [0.717, 1.165) is 30.7 Å². The van der Waals surface area contributed by atoms with Crippen LogP contribution in [0.4, 0.5) is 0 Å². The fourth-order valence-electron chi connectivity index (χ4n) is 2.10. The Bertz CT molecular complexity index is 873. The number of nitrogens with zero attached hydrogens (tertiary/aromatic N) is 3. The second kappa shape index (κ2) is 8.98. The van der Waals surface area contributed by atoms with Crippen LogP contribution in [-0.2, 0) is 10.5 Å². The van der Waals surface area contributed by atoms with Crippen LogP contribution in [-0.4, -0.2) is 26.8 Å². The van der Waals surface area contributed by atoms with Crippen LogP contribution in [0, 0.1) is 0 Å². The monoisotopic (exact) mass is 422 g/mol. The Morgan fingerprint density at radius 2 is 1.85 bits per heavy atom. The zero-order valence-corrected chi connectivity index (χ0v) is 17.6. The van der Waals surface area contributed by atoms with Gasteiger partial charge in [0.05, 0.1) is 11.4 Å². The normalized spacial score (nSPS) is 11.2. The first-order chi connectivity index (χ1) is 12.5. The van der Waals surface area contributed by atoms with Crippen molar-refractivity contribution < 1.29 is 4.79 Å². The third-order valence-corrected chi connectivity index (χ3v) is 7.63. The third-order valence-electron chi connectivity index (χ3n) is 3.45. The number of amides is 1. The van der Waals surface area contributed by atoms with E-state index in [2.05, 4.69) is 53.7 Å². The second-order valence-electron chi connectivity index (χ2n) is 5.80. The molecule has 1 aromatic carbocycles. The molecule has 136 valence electrons. The highest BCUT2D eigenvalue weighted by Gasteiger charge is 2.10. The van der Waals surface area contributed by atoms with E-state index in [4.69, 9.17) is 10.7 Å². The largest absolute Gasteiger partial charge is 0.369 e. The maximum absolute atomic E-state index is 10.8. The smallest absolute Gasteiger partial charge is 0.227 e. The van der Waals surface area contributed by atoms with E-state index >= 15 is 0 Å². The van der Waals surface area contributed by atoms with Crippen LogP contribution in [0.25, 0.3) is 10.6 Å². The molecule has 0 aliphatic carbocycles. The average molecular weight is 423 g/mol. The Morgan fingerprint density at radius 3 is 2.50 bits per heavy atom. The molecule has 3 aromatic rings. The number of nitrogens with two attached hydrogens (primary N) is 1. The number of aromatic nitrogens is 3. The molecule has 3 rings (SSSR count). The molecule has 0 fully saturated rings. The van der Waals surface area contributed by atoms with Crippen molar-refractivity contribution in [2.24, 2.45) is 5.73 Å². The summed E-state index contributed by atoms with van der Waals surface area (Å²) in [5.41, 5.74) is 8.66. The minimum atomic E-state index is -0.351. The highest BCUT2D eigenvalue weighted by Crippen LogP contribution is 2.32. The lowest BCUT2D eigenvalue weighted by atomic mass is 10.0. The van der Waals surface area contributed by atoms with E-state index in [9.17, 15) is 4.79 Å². The molecule has 9 heteroatoms. The zero-order valence-electron chi connectivity index (χ0n) is 14.3. The fraction of sp³-hybridized carbons (Fsp3) is 0.294. The first kappa shape index (κ1) is 19.3. The van der Waals surface area contributed by atoms with Crippen molar-refractivity contribution in [2.45, 2.75) is 34.2 Å². The van der Waals surface area contributed by atoms with Crippen LogP contribution in [0.3, 0.4) is 0 Å². The molecule has 26 heavy (non-hydrogen) atoms. The van der Waals surface area contributed by atoms with Crippen molar-refractivity contribution >= 4 is 52.1 Å². The molecule has 0 bridgehead atoms. The molecule has 0 aliphatic rings. The van der Waals surface area contributed by atoms with Crippen molar-refractivity contribution in [3.63, 3.8) is 0 Å². The molecule has 2 heterocycles. The minimum Gasteiger partial charge on any atom is -0.369 e. The Kier molecular flexibility index (Phi) is 6.68. The molecule has 0 aliphatic heterocycles. The minimum absolute atomic E-state index is 0.227. The highest BCUT2D eigenvalue weighted by molar-refractivity contribution is 8.03. The van der Waals surface area contributed by atoms with Crippen molar-refractivity contribution in [3.8, 4) is 10.6 Å². The molecule has 1 amide bonds. The lowest BCUT2D eigenvalue weighted by Crippen LogP contribution is -2.12. The standard InChI is InChI=1S/C17H18N4OS4/c1-10(2)11-3-5-12(6-4-11)15-19-13(7-23-15)8-24-16-20-21-17(26-16)25-9-14(18)22/h3-7,10H,8-9H2,1-2H3,(H2,18,22). The van der Waals surface area contributed by atoms with E-state index in [0.29, 0.717) is 5.92 Å². The second-order valence-corrected chi connectivity index (χ2v) is 10.1. The molecule has 0 unspecified atom stereocenters. The van der Waals surface area contributed by atoms with Gasteiger partial charge in [-0.15, -0.1) is 21.5 Å². The van der Waals surface area contributed by atoms with Gasteiger partial charge < -0.3 is 5.73 Å². The van der Waals surface area contributed by atoms with Gasteiger partial charge in [-0.1, -0.05) is 73.0 Å². The van der Waals surface area contributed by atoms with E-state index in [1.807, 2.05) is 0 Å². The summed E-state index contributed by atoms with van der Waals surface area (Å²) in [5.74, 6) is 1.15. The molecular weight excluding hydrogens is 404 g/mol. The number of carbonyl (C=O) groups excluding carboxylic acids is 1. The molecule has 0 saturated heterocycles. The quantitative estimate of drug-likeness (QED) is 0.532. The molecule has 0 radical (unpaired) electrons. The van der Waals surface area contributed by atoms with Crippen LogP contribution >= 0.6 is 46.2 Å². The maximum atomic E-state index is 10.8. The number of rotatable bonds is 8. The number of thiazole rings is 1. The molecule has 2 aromatic heterocycles. The van der Waals surface area contributed by atoms with Crippen molar-refractivity contribution in [2.75, 3.05) is 5.75 Å². The van der Waals surface area contributed by atoms with Gasteiger partial charge in [-0.05, 0) is 11.5 Å². The topological polar surface area (TPSA) is 81.8 Å². The Morgan fingerprint density at radius 1 is 1.15 bits per heavy atom. The Hall–Kier alpha value is -1.42. The van der Waals surface area contributed by atoms with Crippen LogP contribution < -0.4 is 5.73 Å². The summed E-state index contributed by atoms with van der Waals surface area (Å²) < 4.78 is 1.63. The number of primary amides is 1. The summed E-state index contributed by atoms with van der Waals surface area (Å²) in [7, 11) is 0. The van der Waals surface area contributed by atoms with Gasteiger partial charge in [0.25, 0.3) is 0 Å². The molecule has 2 N–H and O–H groups in total. The van der Waals surface area contributed by atoms with Crippen molar-refractivity contribution in [1.29, 1.82) is 0 Å². The lowest BCUT2D eigenvalue weighted by Gasteiger charge is -2.05. The first-order valence-electron chi connectivity index (χ1n) is 7.93. The van der Waals surface area contributed by atoms with Crippen LogP contribution in [0.5, 0.6) is 0 Å². The molecular formula is C17H18N4OS4. The van der Waals surface area contributed by atoms with Crippen LogP contribution in [0.2, 0.25) is 0 Å². The van der Waals surface area contributed by atoms with Gasteiger partial charge in [0.1, 0.15) is 5.01 Å². The first-order valence-corrected chi connectivity index (χ1v) is 11.6. The predicted molar refractivity (Wildman–Crippen MR) is 111 cm³/mol. The summed E-state index contributed by atoms with van der Waals surface area (Å²) in [5, 5.41) is 11.3. The Labute approximate surface area is 168 Å². The van der Waals surface area contributed by atoms with E-state index in [1.54, 1.807) is 23.1 Å². The van der Waals surface area contributed by atoms with E-state index in [1.165, 1.54) is 28.7 Å². The van der Waals surface area contributed by atoms with Crippen molar-refractivity contribution in [1.82, 2.24) is 15.2 Å². The van der Waals surface area contributed by atoms with Gasteiger partial charge >= 0.3 is 0 Å². The summed E-state index contributed by atoms with van der Waals surface area (Å²) in [6, 6.07) is 8.61. The van der Waals surface area contributed by atoms with Gasteiger partial charge in [0.2, 0.25) is 5.91 Å².